The number of hydrogen-bond donors (Lipinski definition) is 1. The van der Waals surface area contributed by atoms with Crippen LogP contribution in [-0.4, -0.2) is 17.7 Å². The van der Waals surface area contributed by atoms with Crippen molar-refractivity contribution < 1.29 is 14.6 Å². The average molecular weight is 192 g/mol. The highest BCUT2D eigenvalue weighted by atomic mass is 16.5. The molecule has 0 bridgehead atoms. The molecule has 0 aliphatic rings. The van der Waals surface area contributed by atoms with Crippen LogP contribution in [0.1, 0.15) is 15.9 Å². The summed E-state index contributed by atoms with van der Waals surface area (Å²) in [5.41, 5.74) is 0.838. The van der Waals surface area contributed by atoms with Crippen molar-refractivity contribution in [1.29, 1.82) is 0 Å². The van der Waals surface area contributed by atoms with Crippen molar-refractivity contribution in [2.75, 3.05) is 6.61 Å². The van der Waals surface area contributed by atoms with Crippen LogP contribution in [0.4, 0.5) is 0 Å². The first-order valence-corrected chi connectivity index (χ1v) is 4.23. The molecule has 0 fully saturated rings. The Morgan fingerprint density at radius 1 is 1.64 bits per heavy atom. The van der Waals surface area contributed by atoms with Crippen LogP contribution in [0.15, 0.2) is 30.9 Å². The van der Waals surface area contributed by atoms with Gasteiger partial charge in [0.2, 0.25) is 0 Å². The minimum Gasteiger partial charge on any atom is -0.507 e. The molecule has 0 radical (unpaired) electrons. The number of aryl methyl sites for hydroxylation is 1. The van der Waals surface area contributed by atoms with Crippen molar-refractivity contribution in [2.45, 2.75) is 6.92 Å². The third-order valence-electron chi connectivity index (χ3n) is 1.79. The highest BCUT2D eigenvalue weighted by Gasteiger charge is 2.12. The maximum absolute atomic E-state index is 11.3. The lowest BCUT2D eigenvalue weighted by Gasteiger charge is -2.05. The van der Waals surface area contributed by atoms with Gasteiger partial charge in [-0.15, -0.1) is 0 Å². The van der Waals surface area contributed by atoms with Gasteiger partial charge in [-0.05, 0) is 18.6 Å². The largest absolute Gasteiger partial charge is 0.507 e. The molecule has 14 heavy (non-hydrogen) atoms. The minimum absolute atomic E-state index is 0.0263. The molecule has 1 aromatic carbocycles. The fourth-order valence-corrected chi connectivity index (χ4v) is 1.04. The summed E-state index contributed by atoms with van der Waals surface area (Å²) in [7, 11) is 0. The van der Waals surface area contributed by atoms with E-state index in [-0.39, 0.29) is 17.9 Å². The van der Waals surface area contributed by atoms with Crippen molar-refractivity contribution in [2.24, 2.45) is 0 Å². The molecule has 1 N–H and O–H groups in total. The van der Waals surface area contributed by atoms with Crippen molar-refractivity contribution in [1.82, 2.24) is 0 Å². The van der Waals surface area contributed by atoms with Gasteiger partial charge in [0.25, 0.3) is 0 Å². The monoisotopic (exact) mass is 192 g/mol. The lowest BCUT2D eigenvalue weighted by atomic mass is 10.1. The summed E-state index contributed by atoms with van der Waals surface area (Å²) >= 11 is 0. The molecule has 0 aliphatic heterocycles. The van der Waals surface area contributed by atoms with Gasteiger partial charge in [0.05, 0.1) is 0 Å². The van der Waals surface area contributed by atoms with Crippen molar-refractivity contribution in [3.8, 4) is 5.75 Å². The van der Waals surface area contributed by atoms with Gasteiger partial charge in [0.1, 0.15) is 17.9 Å². The van der Waals surface area contributed by atoms with Crippen molar-refractivity contribution in [3.63, 3.8) is 0 Å². The van der Waals surface area contributed by atoms with Crippen molar-refractivity contribution >= 4 is 5.97 Å². The summed E-state index contributed by atoms with van der Waals surface area (Å²) in [5.74, 6) is -0.562. The summed E-state index contributed by atoms with van der Waals surface area (Å²) in [6.45, 7) is 5.29. The van der Waals surface area contributed by atoms with E-state index in [4.69, 9.17) is 4.74 Å². The summed E-state index contributed by atoms with van der Waals surface area (Å²) in [5, 5.41) is 9.54. The van der Waals surface area contributed by atoms with Gasteiger partial charge < -0.3 is 9.84 Å². The molecular formula is C11H12O3. The lowest BCUT2D eigenvalue weighted by Crippen LogP contribution is -2.05. The first-order chi connectivity index (χ1) is 6.66. The smallest absolute Gasteiger partial charge is 0.342 e. The number of esters is 1. The van der Waals surface area contributed by atoms with Gasteiger partial charge >= 0.3 is 5.97 Å². The fourth-order valence-electron chi connectivity index (χ4n) is 1.04. The number of phenolic OH excluding ortho intramolecular Hbond substituents is 1. The summed E-state index contributed by atoms with van der Waals surface area (Å²) in [4.78, 5) is 11.3. The predicted molar refractivity (Wildman–Crippen MR) is 53.3 cm³/mol. The van der Waals surface area contributed by atoms with Crippen LogP contribution in [0.5, 0.6) is 5.75 Å². The average Bonchev–Trinajstić information content (AvgIpc) is 2.18. The molecule has 3 heteroatoms. The van der Waals surface area contributed by atoms with E-state index >= 15 is 0 Å². The Hall–Kier alpha value is -1.77. The van der Waals surface area contributed by atoms with Crippen LogP contribution in [-0.2, 0) is 4.74 Å². The number of ether oxygens (including phenoxy) is 1. The topological polar surface area (TPSA) is 46.5 Å². The Kier molecular flexibility index (Phi) is 3.29. The molecule has 0 amide bonds. The molecular weight excluding hydrogens is 180 g/mol. The zero-order chi connectivity index (χ0) is 10.6. The molecule has 0 aromatic heterocycles. The highest BCUT2D eigenvalue weighted by molar-refractivity contribution is 5.92. The summed E-state index contributed by atoms with van der Waals surface area (Å²) < 4.78 is 4.80. The van der Waals surface area contributed by atoms with Crippen LogP contribution >= 0.6 is 0 Å². The van der Waals surface area contributed by atoms with Gasteiger partial charge in [0, 0.05) is 0 Å². The number of carbonyl (C=O) groups excluding carboxylic acids is 1. The first kappa shape index (κ1) is 10.3. The molecule has 3 nitrogen and oxygen atoms in total. The van der Waals surface area contributed by atoms with E-state index in [9.17, 15) is 9.90 Å². The van der Waals surface area contributed by atoms with Crippen LogP contribution in [0.2, 0.25) is 0 Å². The normalized spacial score (nSPS) is 9.50. The number of phenols is 1. The van der Waals surface area contributed by atoms with E-state index in [0.717, 1.165) is 0 Å². The van der Waals surface area contributed by atoms with Crippen LogP contribution in [0.25, 0.3) is 0 Å². The van der Waals surface area contributed by atoms with Crippen LogP contribution < -0.4 is 0 Å². The maximum atomic E-state index is 11.3. The standard InChI is InChI=1S/C11H12O3/c1-3-7-14-11(13)9-6-4-5-8(2)10(9)12/h3-6,12H,1,7H2,2H3. The Morgan fingerprint density at radius 3 is 3.00 bits per heavy atom. The third kappa shape index (κ3) is 2.13. The zero-order valence-electron chi connectivity index (χ0n) is 7.99. The number of aromatic hydroxyl groups is 1. The number of carbonyl (C=O) groups is 1. The molecule has 0 unspecified atom stereocenters. The van der Waals surface area contributed by atoms with Gasteiger partial charge in [-0.2, -0.15) is 0 Å². The van der Waals surface area contributed by atoms with Crippen LogP contribution in [0.3, 0.4) is 0 Å². The van der Waals surface area contributed by atoms with E-state index in [2.05, 4.69) is 6.58 Å². The highest BCUT2D eigenvalue weighted by Crippen LogP contribution is 2.21. The quantitative estimate of drug-likeness (QED) is 0.588. The SMILES string of the molecule is C=CCOC(=O)c1cccc(C)c1O. The first-order valence-electron chi connectivity index (χ1n) is 4.23. The third-order valence-corrected chi connectivity index (χ3v) is 1.79. The zero-order valence-corrected chi connectivity index (χ0v) is 7.99. The second kappa shape index (κ2) is 4.46. The van der Waals surface area contributed by atoms with Crippen LogP contribution in [0, 0.1) is 6.92 Å². The number of rotatable bonds is 3. The summed E-state index contributed by atoms with van der Waals surface area (Å²) in [6.07, 6.45) is 1.48. The molecule has 0 atom stereocenters. The lowest BCUT2D eigenvalue weighted by molar-refractivity contribution is 0.0546. The molecule has 0 spiro atoms. The van der Waals surface area contributed by atoms with Gasteiger partial charge in [-0.25, -0.2) is 4.79 Å². The second-order valence-electron chi connectivity index (χ2n) is 2.86. The Labute approximate surface area is 82.6 Å². The second-order valence-corrected chi connectivity index (χ2v) is 2.86. The number of para-hydroxylation sites is 1. The molecule has 0 saturated carbocycles. The Bertz CT molecular complexity index is 356. The Morgan fingerprint density at radius 2 is 2.36 bits per heavy atom. The summed E-state index contributed by atoms with van der Waals surface area (Å²) in [6, 6.07) is 4.94. The van der Waals surface area contributed by atoms with Crippen molar-refractivity contribution in [3.05, 3.63) is 42.0 Å². The van der Waals surface area contributed by atoms with E-state index in [1.165, 1.54) is 12.1 Å². The molecule has 1 aromatic rings. The van der Waals surface area contributed by atoms with E-state index in [1.807, 2.05) is 0 Å². The molecule has 0 heterocycles. The van der Waals surface area contributed by atoms with E-state index in [0.29, 0.717) is 5.56 Å². The molecule has 74 valence electrons. The maximum Gasteiger partial charge on any atom is 0.342 e. The van der Waals surface area contributed by atoms with Gasteiger partial charge in [-0.3, -0.25) is 0 Å². The Balaban J connectivity index is 2.89. The van der Waals surface area contributed by atoms with E-state index < -0.39 is 5.97 Å². The molecule has 0 saturated heterocycles. The van der Waals surface area contributed by atoms with E-state index in [1.54, 1.807) is 19.1 Å². The minimum atomic E-state index is -0.536. The number of hydrogen-bond acceptors (Lipinski definition) is 3. The molecule has 0 aliphatic carbocycles. The fraction of sp³-hybridized carbons (Fsp3) is 0.182. The van der Waals surface area contributed by atoms with Gasteiger partial charge in [-0.1, -0.05) is 24.8 Å². The number of benzene rings is 1. The van der Waals surface area contributed by atoms with Gasteiger partial charge in [0.15, 0.2) is 0 Å². The molecule has 1 rings (SSSR count). The predicted octanol–water partition coefficient (Wildman–Crippen LogP) is 2.04.